The fraction of sp³-hybridized carbons (Fsp3) is 0.391. The van der Waals surface area contributed by atoms with Crippen LogP contribution in [-0.2, 0) is 23.3 Å². The number of nitrogens with zero attached hydrogens (tertiary/aromatic N) is 1. The summed E-state index contributed by atoms with van der Waals surface area (Å²) in [6.45, 7) is 8.39. The Bertz CT molecular complexity index is 796. The Balaban J connectivity index is 1.55. The van der Waals surface area contributed by atoms with Gasteiger partial charge in [0.1, 0.15) is 0 Å². The Morgan fingerprint density at radius 2 is 1.60 bits per heavy atom. The molecule has 2 aromatic carbocycles. The first kappa shape index (κ1) is 17.8. The molecule has 0 aliphatic heterocycles. The summed E-state index contributed by atoms with van der Waals surface area (Å²) in [4.78, 5) is 0. The fourth-order valence-corrected chi connectivity index (χ4v) is 3.46. The lowest BCUT2D eigenvalue weighted by Gasteiger charge is -2.26. The van der Waals surface area contributed by atoms with Crippen LogP contribution in [0.4, 0.5) is 0 Å². The maximum Gasteiger partial charge on any atom is 0.0716 e. The third kappa shape index (κ3) is 4.52. The molecule has 0 saturated heterocycles. The summed E-state index contributed by atoms with van der Waals surface area (Å²) < 4.78 is 8.30. The summed E-state index contributed by atoms with van der Waals surface area (Å²) >= 11 is 0. The van der Waals surface area contributed by atoms with Crippen molar-refractivity contribution < 1.29 is 4.74 Å². The van der Waals surface area contributed by atoms with Gasteiger partial charge in [0.25, 0.3) is 0 Å². The molecule has 2 nitrogen and oxygen atoms in total. The lowest BCUT2D eigenvalue weighted by Crippen LogP contribution is -2.23. The van der Waals surface area contributed by atoms with Crippen LogP contribution in [-0.4, -0.2) is 11.2 Å². The third-order valence-electron chi connectivity index (χ3n) is 4.54. The number of hydrogen-bond acceptors (Lipinski definition) is 1. The van der Waals surface area contributed by atoms with Gasteiger partial charge in [-0.15, -0.1) is 0 Å². The zero-order chi connectivity index (χ0) is 17.7. The zero-order valence-electron chi connectivity index (χ0n) is 15.7. The van der Waals surface area contributed by atoms with Gasteiger partial charge in [0.2, 0.25) is 0 Å². The van der Waals surface area contributed by atoms with E-state index in [4.69, 9.17) is 4.74 Å². The molecule has 0 N–H and O–H groups in total. The van der Waals surface area contributed by atoms with E-state index in [-0.39, 0.29) is 5.54 Å². The fourth-order valence-electron chi connectivity index (χ4n) is 3.46. The molecule has 0 aliphatic rings. The second-order valence-corrected chi connectivity index (χ2v) is 7.70. The van der Waals surface area contributed by atoms with Crippen molar-refractivity contribution in [3.63, 3.8) is 0 Å². The van der Waals surface area contributed by atoms with Gasteiger partial charge < -0.3 is 9.30 Å². The molecule has 0 aliphatic carbocycles. The summed E-state index contributed by atoms with van der Waals surface area (Å²) in [7, 11) is 0. The molecule has 3 aromatic rings. The van der Waals surface area contributed by atoms with Gasteiger partial charge in [0.15, 0.2) is 0 Å². The van der Waals surface area contributed by atoms with E-state index in [0.717, 1.165) is 25.9 Å². The van der Waals surface area contributed by atoms with Crippen molar-refractivity contribution in [1.29, 1.82) is 0 Å². The number of benzene rings is 2. The number of hydrogen-bond donors (Lipinski definition) is 0. The topological polar surface area (TPSA) is 14.2 Å². The monoisotopic (exact) mass is 335 g/mol. The van der Waals surface area contributed by atoms with Crippen LogP contribution < -0.4 is 0 Å². The largest absolute Gasteiger partial charge is 0.377 e. The predicted molar refractivity (Wildman–Crippen MR) is 106 cm³/mol. The van der Waals surface area contributed by atoms with Crippen LogP contribution in [0.3, 0.4) is 0 Å². The van der Waals surface area contributed by atoms with Gasteiger partial charge >= 0.3 is 0 Å². The highest BCUT2D eigenvalue weighted by Gasteiger charge is 2.19. The maximum absolute atomic E-state index is 5.81. The first-order valence-electron chi connectivity index (χ1n) is 9.27. The highest BCUT2D eigenvalue weighted by Crippen LogP contribution is 2.28. The molecule has 0 fully saturated rings. The van der Waals surface area contributed by atoms with Crippen LogP contribution in [0.5, 0.6) is 0 Å². The van der Waals surface area contributed by atoms with Crippen molar-refractivity contribution in [2.75, 3.05) is 6.61 Å². The van der Waals surface area contributed by atoms with E-state index >= 15 is 0 Å². The molecule has 0 amide bonds. The van der Waals surface area contributed by atoms with Gasteiger partial charge in [-0.1, -0.05) is 48.5 Å². The molecule has 1 aromatic heterocycles. The van der Waals surface area contributed by atoms with Crippen molar-refractivity contribution in [2.24, 2.45) is 0 Å². The highest BCUT2D eigenvalue weighted by atomic mass is 16.5. The molecular formula is C23H29NO. The normalized spacial score (nSPS) is 12.0. The molecule has 0 atom stereocenters. The molecule has 25 heavy (non-hydrogen) atoms. The van der Waals surface area contributed by atoms with Crippen LogP contribution in [0, 0.1) is 0 Å². The van der Waals surface area contributed by atoms with Crippen molar-refractivity contribution >= 4 is 10.9 Å². The molecule has 2 heteroatoms. The van der Waals surface area contributed by atoms with Gasteiger partial charge in [-0.05, 0) is 63.1 Å². The van der Waals surface area contributed by atoms with E-state index < -0.39 is 0 Å². The Morgan fingerprint density at radius 3 is 2.36 bits per heavy atom. The molecule has 0 saturated carbocycles. The maximum atomic E-state index is 5.81. The number of aryl methyl sites for hydroxylation is 1. The molecule has 0 spiro atoms. The average Bonchev–Trinajstić information content (AvgIpc) is 2.97. The first-order chi connectivity index (χ1) is 12.1. The number of para-hydroxylation sites is 1. The van der Waals surface area contributed by atoms with Crippen molar-refractivity contribution in [1.82, 2.24) is 4.57 Å². The van der Waals surface area contributed by atoms with Crippen LogP contribution in [0.25, 0.3) is 10.9 Å². The Hall–Kier alpha value is -2.06. The van der Waals surface area contributed by atoms with Crippen LogP contribution in [0.2, 0.25) is 0 Å². The second-order valence-electron chi connectivity index (χ2n) is 7.70. The van der Waals surface area contributed by atoms with Gasteiger partial charge in [0.05, 0.1) is 6.61 Å². The van der Waals surface area contributed by atoms with Gasteiger partial charge in [0, 0.05) is 23.4 Å². The lowest BCUT2D eigenvalue weighted by molar-refractivity contribution is 0.117. The van der Waals surface area contributed by atoms with Crippen LogP contribution in [0.1, 0.15) is 44.9 Å². The van der Waals surface area contributed by atoms with Gasteiger partial charge in [-0.2, -0.15) is 0 Å². The number of rotatable bonds is 7. The summed E-state index contributed by atoms with van der Waals surface area (Å²) in [6, 6.07) is 21.4. The average molecular weight is 335 g/mol. The van der Waals surface area contributed by atoms with Gasteiger partial charge in [-0.3, -0.25) is 0 Å². The van der Waals surface area contributed by atoms with Gasteiger partial charge in [-0.25, -0.2) is 0 Å². The molecule has 1 heterocycles. The first-order valence-corrected chi connectivity index (χ1v) is 9.27. The predicted octanol–water partition coefficient (Wildman–Crippen LogP) is 5.94. The smallest absolute Gasteiger partial charge is 0.0716 e. The van der Waals surface area contributed by atoms with E-state index in [9.17, 15) is 0 Å². The summed E-state index contributed by atoms with van der Waals surface area (Å²) in [6.07, 6.45) is 3.35. The standard InChI is InChI=1S/C23H29NO/c1-23(2,3)24-21(17-20-13-7-8-15-22(20)24)14-9-10-16-25-18-19-11-5-4-6-12-19/h4-8,11-13,15,17H,9-10,14,16,18H2,1-3H3. The van der Waals surface area contributed by atoms with E-state index in [0.29, 0.717) is 6.61 Å². The van der Waals surface area contributed by atoms with Crippen molar-refractivity contribution in [3.8, 4) is 0 Å². The molecule has 0 radical (unpaired) electrons. The van der Waals surface area contributed by atoms with E-state index in [2.05, 4.69) is 79.9 Å². The minimum absolute atomic E-state index is 0.0995. The number of unbranched alkanes of at least 4 members (excludes halogenated alkanes) is 1. The van der Waals surface area contributed by atoms with Crippen molar-refractivity contribution in [3.05, 3.63) is 71.9 Å². The molecular weight excluding hydrogens is 306 g/mol. The van der Waals surface area contributed by atoms with Crippen LogP contribution in [0.15, 0.2) is 60.7 Å². The zero-order valence-corrected chi connectivity index (χ0v) is 15.7. The molecule has 3 rings (SSSR count). The molecule has 0 bridgehead atoms. The quantitative estimate of drug-likeness (QED) is 0.488. The summed E-state index contributed by atoms with van der Waals surface area (Å²) in [5.41, 5.74) is 4.11. The highest BCUT2D eigenvalue weighted by molar-refractivity contribution is 5.81. The Labute approximate surface area is 151 Å². The summed E-state index contributed by atoms with van der Waals surface area (Å²) in [5, 5.41) is 1.34. The Kier molecular flexibility index (Phi) is 5.60. The third-order valence-corrected chi connectivity index (χ3v) is 4.54. The molecule has 0 unspecified atom stereocenters. The van der Waals surface area contributed by atoms with Crippen molar-refractivity contribution in [2.45, 2.75) is 52.2 Å². The number of aromatic nitrogens is 1. The number of ether oxygens (including phenoxy) is 1. The second kappa shape index (κ2) is 7.88. The SMILES string of the molecule is CC(C)(C)n1c(CCCCOCc2ccccc2)cc2ccccc21. The summed E-state index contributed by atoms with van der Waals surface area (Å²) in [5.74, 6) is 0. The molecule has 132 valence electrons. The van der Waals surface area contributed by atoms with E-state index in [1.165, 1.54) is 22.2 Å². The minimum atomic E-state index is 0.0995. The van der Waals surface area contributed by atoms with Crippen LogP contribution >= 0.6 is 0 Å². The minimum Gasteiger partial charge on any atom is -0.377 e. The Morgan fingerprint density at radius 1 is 0.880 bits per heavy atom. The lowest BCUT2D eigenvalue weighted by atomic mass is 10.1. The van der Waals surface area contributed by atoms with E-state index in [1.54, 1.807) is 0 Å². The van der Waals surface area contributed by atoms with E-state index in [1.807, 2.05) is 6.07 Å². The number of fused-ring (bicyclic) bond motifs is 1.